The van der Waals surface area contributed by atoms with Gasteiger partial charge < -0.3 is 10.1 Å². The maximum absolute atomic E-state index is 12.4. The Labute approximate surface area is 147 Å². The number of nitrogens with zero attached hydrogens (tertiary/aromatic N) is 2. The quantitative estimate of drug-likeness (QED) is 0.814. The molecule has 1 unspecified atom stereocenters. The van der Waals surface area contributed by atoms with Crippen molar-refractivity contribution in [3.05, 3.63) is 42.2 Å². The van der Waals surface area contributed by atoms with E-state index in [0.29, 0.717) is 5.75 Å². The van der Waals surface area contributed by atoms with Crippen LogP contribution in [0.15, 0.2) is 41.6 Å². The molecule has 0 saturated carbocycles. The number of ether oxygens (including phenoxy) is 1. The second kappa shape index (κ2) is 7.75. The first-order valence-electron chi connectivity index (χ1n) is 7.84. The molecule has 0 radical (unpaired) electrons. The molecule has 0 aliphatic heterocycles. The van der Waals surface area contributed by atoms with Crippen molar-refractivity contribution in [2.75, 3.05) is 12.9 Å². The molecule has 2 aromatic rings. The van der Waals surface area contributed by atoms with Crippen molar-refractivity contribution < 1.29 is 9.53 Å². The number of rotatable bonds is 6. The first kappa shape index (κ1) is 18.4. The second-order valence-electron chi connectivity index (χ2n) is 6.78. The average molecular weight is 347 g/mol. The summed E-state index contributed by atoms with van der Waals surface area (Å²) in [7, 11) is 3.52. The van der Waals surface area contributed by atoms with Gasteiger partial charge in [-0.1, -0.05) is 20.8 Å². The van der Waals surface area contributed by atoms with Crippen LogP contribution in [0.5, 0.6) is 5.75 Å². The highest BCUT2D eigenvalue weighted by Crippen LogP contribution is 2.32. The van der Waals surface area contributed by atoms with Crippen molar-refractivity contribution in [3.8, 4) is 5.75 Å². The zero-order chi connectivity index (χ0) is 17.7. The van der Waals surface area contributed by atoms with Crippen LogP contribution in [0, 0.1) is 5.41 Å². The van der Waals surface area contributed by atoms with Gasteiger partial charge in [-0.05, 0) is 29.7 Å². The Kier molecular flexibility index (Phi) is 5.94. The highest BCUT2D eigenvalue weighted by Gasteiger charge is 2.28. The summed E-state index contributed by atoms with van der Waals surface area (Å²) in [5.74, 6) is 1.20. The Morgan fingerprint density at radius 2 is 2.00 bits per heavy atom. The Balaban J connectivity index is 1.97. The van der Waals surface area contributed by atoms with Crippen molar-refractivity contribution in [2.24, 2.45) is 12.5 Å². The van der Waals surface area contributed by atoms with Crippen LogP contribution in [0.2, 0.25) is 0 Å². The van der Waals surface area contributed by atoms with E-state index in [1.165, 1.54) is 11.8 Å². The molecule has 2 rings (SSSR count). The van der Waals surface area contributed by atoms with Crippen LogP contribution < -0.4 is 10.1 Å². The predicted octanol–water partition coefficient (Wildman–Crippen LogP) is 3.42. The van der Waals surface area contributed by atoms with Crippen LogP contribution in [-0.4, -0.2) is 28.6 Å². The number of aryl methyl sites for hydroxylation is 1. The van der Waals surface area contributed by atoms with Gasteiger partial charge in [0.1, 0.15) is 5.75 Å². The Bertz CT molecular complexity index is 674. The molecule has 1 aromatic carbocycles. The minimum atomic E-state index is -0.0938. The smallest absolute Gasteiger partial charge is 0.230 e. The molecule has 5 nitrogen and oxygen atoms in total. The van der Waals surface area contributed by atoms with E-state index in [9.17, 15) is 4.79 Å². The summed E-state index contributed by atoms with van der Waals surface area (Å²) < 4.78 is 6.90. The van der Waals surface area contributed by atoms with Gasteiger partial charge in [-0.2, -0.15) is 5.10 Å². The largest absolute Gasteiger partial charge is 0.497 e. The van der Waals surface area contributed by atoms with Gasteiger partial charge in [-0.25, -0.2) is 0 Å². The number of nitrogens with one attached hydrogen (secondary N) is 1. The summed E-state index contributed by atoms with van der Waals surface area (Å²) in [6.07, 6.45) is 3.76. The van der Waals surface area contributed by atoms with E-state index in [-0.39, 0.29) is 17.4 Å². The Morgan fingerprint density at radius 1 is 1.33 bits per heavy atom. The number of amides is 1. The molecule has 1 amide bonds. The van der Waals surface area contributed by atoms with Gasteiger partial charge in [0.25, 0.3) is 0 Å². The summed E-state index contributed by atoms with van der Waals surface area (Å²) in [6.45, 7) is 6.34. The molecule has 1 N–H and O–H groups in total. The van der Waals surface area contributed by atoms with Gasteiger partial charge in [0, 0.05) is 23.7 Å². The van der Waals surface area contributed by atoms with Crippen LogP contribution in [0.4, 0.5) is 0 Å². The third kappa shape index (κ3) is 5.03. The number of benzene rings is 1. The first-order valence-corrected chi connectivity index (χ1v) is 8.83. The molecule has 130 valence electrons. The molecule has 1 heterocycles. The molecule has 0 aliphatic rings. The number of hydrogen-bond donors (Lipinski definition) is 1. The SMILES string of the molecule is COc1ccc(SCC(=O)NC(c2cnn(C)c2)C(C)(C)C)cc1. The number of hydrogen-bond acceptors (Lipinski definition) is 4. The van der Waals surface area contributed by atoms with Crippen LogP contribution in [0.25, 0.3) is 0 Å². The van der Waals surface area contributed by atoms with Crippen molar-refractivity contribution in [3.63, 3.8) is 0 Å². The normalized spacial score (nSPS) is 12.7. The van der Waals surface area contributed by atoms with E-state index >= 15 is 0 Å². The molecule has 1 aromatic heterocycles. The minimum Gasteiger partial charge on any atom is -0.497 e. The zero-order valence-corrected chi connectivity index (χ0v) is 15.7. The molecular formula is C18H25N3O2S. The van der Waals surface area contributed by atoms with Crippen LogP contribution >= 0.6 is 11.8 Å². The average Bonchev–Trinajstić information content (AvgIpc) is 2.96. The maximum atomic E-state index is 12.4. The summed E-state index contributed by atoms with van der Waals surface area (Å²) >= 11 is 1.51. The fourth-order valence-corrected chi connectivity index (χ4v) is 3.12. The van der Waals surface area contributed by atoms with Gasteiger partial charge in [-0.15, -0.1) is 11.8 Å². The third-order valence-corrected chi connectivity index (χ3v) is 4.67. The lowest BCUT2D eigenvalue weighted by Gasteiger charge is -2.30. The number of carbonyl (C=O) groups excluding carboxylic acids is 1. The topological polar surface area (TPSA) is 56.1 Å². The molecule has 0 bridgehead atoms. The predicted molar refractivity (Wildman–Crippen MR) is 97.3 cm³/mol. The van der Waals surface area contributed by atoms with E-state index in [2.05, 4.69) is 31.2 Å². The summed E-state index contributed by atoms with van der Waals surface area (Å²) in [4.78, 5) is 13.4. The van der Waals surface area contributed by atoms with E-state index in [4.69, 9.17) is 4.74 Å². The van der Waals surface area contributed by atoms with E-state index in [1.807, 2.05) is 43.7 Å². The fourth-order valence-electron chi connectivity index (χ4n) is 2.41. The van der Waals surface area contributed by atoms with Crippen LogP contribution in [0.1, 0.15) is 32.4 Å². The lowest BCUT2D eigenvalue weighted by molar-refractivity contribution is -0.120. The van der Waals surface area contributed by atoms with E-state index in [1.54, 1.807) is 11.8 Å². The summed E-state index contributed by atoms with van der Waals surface area (Å²) in [5, 5.41) is 7.36. The second-order valence-corrected chi connectivity index (χ2v) is 7.83. The lowest BCUT2D eigenvalue weighted by atomic mass is 9.83. The molecule has 24 heavy (non-hydrogen) atoms. The molecular weight excluding hydrogens is 322 g/mol. The highest BCUT2D eigenvalue weighted by atomic mass is 32.2. The van der Waals surface area contributed by atoms with Crippen molar-refractivity contribution >= 4 is 17.7 Å². The van der Waals surface area contributed by atoms with Crippen LogP contribution in [0.3, 0.4) is 0 Å². The number of methoxy groups -OCH3 is 1. The molecule has 0 spiro atoms. The highest BCUT2D eigenvalue weighted by molar-refractivity contribution is 8.00. The van der Waals surface area contributed by atoms with Gasteiger partial charge in [0.15, 0.2) is 0 Å². The van der Waals surface area contributed by atoms with Gasteiger partial charge in [-0.3, -0.25) is 9.48 Å². The third-order valence-electron chi connectivity index (χ3n) is 3.66. The molecule has 0 fully saturated rings. The van der Waals surface area contributed by atoms with Crippen molar-refractivity contribution in [1.82, 2.24) is 15.1 Å². The fraction of sp³-hybridized carbons (Fsp3) is 0.444. The van der Waals surface area contributed by atoms with E-state index < -0.39 is 0 Å². The minimum absolute atomic E-state index is 0.0135. The van der Waals surface area contributed by atoms with Crippen molar-refractivity contribution in [2.45, 2.75) is 31.7 Å². The summed E-state index contributed by atoms with van der Waals surface area (Å²) in [6, 6.07) is 7.63. The van der Waals surface area contributed by atoms with Crippen molar-refractivity contribution in [1.29, 1.82) is 0 Å². The molecule has 1 atom stereocenters. The maximum Gasteiger partial charge on any atom is 0.230 e. The molecule has 6 heteroatoms. The molecule has 0 saturated heterocycles. The zero-order valence-electron chi connectivity index (χ0n) is 14.9. The van der Waals surface area contributed by atoms with E-state index in [0.717, 1.165) is 16.2 Å². The van der Waals surface area contributed by atoms with Gasteiger partial charge in [0.2, 0.25) is 5.91 Å². The molecule has 0 aliphatic carbocycles. The monoisotopic (exact) mass is 347 g/mol. The lowest BCUT2D eigenvalue weighted by Crippen LogP contribution is -2.37. The number of aromatic nitrogens is 2. The number of thioether (sulfide) groups is 1. The first-order chi connectivity index (χ1) is 11.3. The van der Waals surface area contributed by atoms with Crippen LogP contribution in [-0.2, 0) is 11.8 Å². The number of carbonyl (C=O) groups is 1. The van der Waals surface area contributed by atoms with Gasteiger partial charge >= 0.3 is 0 Å². The summed E-state index contributed by atoms with van der Waals surface area (Å²) in [5.41, 5.74) is 0.927. The Morgan fingerprint density at radius 3 is 2.50 bits per heavy atom. The standard InChI is InChI=1S/C18H25N3O2S/c1-18(2,3)17(13-10-19-21(4)11-13)20-16(22)12-24-15-8-6-14(23-5)7-9-15/h6-11,17H,12H2,1-5H3,(H,20,22). The Hall–Kier alpha value is -1.95. The van der Waals surface area contributed by atoms with Gasteiger partial charge in [0.05, 0.1) is 25.1 Å².